The predicted octanol–water partition coefficient (Wildman–Crippen LogP) is 3.30. The van der Waals surface area contributed by atoms with Gasteiger partial charge in [0.05, 0.1) is 6.54 Å². The lowest BCUT2D eigenvalue weighted by Crippen LogP contribution is -2.50. The summed E-state index contributed by atoms with van der Waals surface area (Å²) in [6, 6.07) is 11.4. The van der Waals surface area contributed by atoms with E-state index >= 15 is 0 Å². The van der Waals surface area contributed by atoms with E-state index in [9.17, 15) is 14.4 Å². The van der Waals surface area contributed by atoms with Gasteiger partial charge in [0.25, 0.3) is 11.8 Å². The van der Waals surface area contributed by atoms with Crippen LogP contribution in [0.15, 0.2) is 36.4 Å². The van der Waals surface area contributed by atoms with E-state index in [0.29, 0.717) is 48.9 Å². The Bertz CT molecular complexity index is 1260. The Kier molecular flexibility index (Phi) is 9.25. The number of hydrogen-bond acceptors (Lipinski definition) is 6. The lowest BCUT2D eigenvalue weighted by atomic mass is 9.83. The van der Waals surface area contributed by atoms with Crippen molar-refractivity contribution in [2.75, 3.05) is 57.8 Å². The number of likely N-dealkylation sites (N-methyl/N-ethyl adjacent to an activating group) is 1. The van der Waals surface area contributed by atoms with E-state index in [-0.39, 0.29) is 30.4 Å². The molecule has 1 saturated carbocycles. The van der Waals surface area contributed by atoms with E-state index in [0.717, 1.165) is 43.7 Å². The van der Waals surface area contributed by atoms with Crippen LogP contribution in [-0.2, 0) is 4.79 Å². The Labute approximate surface area is 243 Å². The fourth-order valence-corrected chi connectivity index (χ4v) is 6.27. The number of anilines is 1. The molecule has 1 atom stereocenters. The quantitative estimate of drug-likeness (QED) is 0.537. The largest absolute Gasteiger partial charge is 0.489 e. The van der Waals surface area contributed by atoms with E-state index < -0.39 is 0 Å². The smallest absolute Gasteiger partial charge is 0.254 e. The van der Waals surface area contributed by atoms with Crippen molar-refractivity contribution in [3.05, 3.63) is 58.7 Å². The highest BCUT2D eigenvalue weighted by atomic mass is 16.5. The molecule has 0 spiro atoms. The molecule has 41 heavy (non-hydrogen) atoms. The number of benzene rings is 2. The van der Waals surface area contributed by atoms with Crippen molar-refractivity contribution in [2.45, 2.75) is 57.5 Å². The minimum Gasteiger partial charge on any atom is -0.489 e. The van der Waals surface area contributed by atoms with E-state index in [1.807, 2.05) is 36.1 Å². The average Bonchev–Trinajstić information content (AvgIpc) is 3.53. The summed E-state index contributed by atoms with van der Waals surface area (Å²) >= 11 is 0. The van der Waals surface area contributed by atoms with Gasteiger partial charge in [0, 0.05) is 56.6 Å². The first-order valence-corrected chi connectivity index (χ1v) is 15.0. The van der Waals surface area contributed by atoms with Crippen LogP contribution in [0.4, 0.5) is 5.69 Å². The van der Waals surface area contributed by atoms with Gasteiger partial charge in [-0.2, -0.15) is 0 Å². The third-order valence-electron chi connectivity index (χ3n) is 8.71. The number of nitrogens with one attached hydrogen (secondary N) is 1. The Hall–Kier alpha value is -3.43. The van der Waals surface area contributed by atoms with Crippen molar-refractivity contribution in [1.29, 1.82) is 0 Å². The molecule has 9 nitrogen and oxygen atoms in total. The molecule has 5 rings (SSSR count). The van der Waals surface area contributed by atoms with Gasteiger partial charge in [-0.1, -0.05) is 19.3 Å². The monoisotopic (exact) mass is 561 g/mol. The second kappa shape index (κ2) is 13.0. The van der Waals surface area contributed by atoms with Crippen molar-refractivity contribution in [1.82, 2.24) is 15.1 Å². The maximum atomic E-state index is 13.6. The molecule has 1 aliphatic carbocycles. The minimum atomic E-state index is -0.220. The molecule has 2 aromatic carbocycles. The first kappa shape index (κ1) is 29.1. The highest BCUT2D eigenvalue weighted by molar-refractivity contribution is 5.99. The SMILES string of the molecule is Cc1cc(C(=O)N2CCN(C(=O)c3ccc(O[C@H]4CCNC4)c(C4CCCCC4)c3)CC2)cc(N(C)C(=O)CN)c1. The van der Waals surface area contributed by atoms with Crippen LogP contribution in [0, 0.1) is 6.92 Å². The van der Waals surface area contributed by atoms with Gasteiger partial charge in [0.15, 0.2) is 0 Å². The zero-order valence-electron chi connectivity index (χ0n) is 24.4. The van der Waals surface area contributed by atoms with Gasteiger partial charge >= 0.3 is 0 Å². The number of rotatable bonds is 7. The molecule has 3 aliphatic rings. The van der Waals surface area contributed by atoms with Crippen molar-refractivity contribution < 1.29 is 19.1 Å². The fraction of sp³-hybridized carbons (Fsp3) is 0.531. The van der Waals surface area contributed by atoms with Crippen molar-refractivity contribution >= 4 is 23.4 Å². The third kappa shape index (κ3) is 6.73. The van der Waals surface area contributed by atoms with E-state index in [1.165, 1.54) is 29.7 Å². The Morgan fingerprint density at radius 1 is 0.927 bits per heavy atom. The average molecular weight is 562 g/mol. The Morgan fingerprint density at radius 2 is 1.61 bits per heavy atom. The molecule has 9 heteroatoms. The summed E-state index contributed by atoms with van der Waals surface area (Å²) in [5, 5.41) is 3.37. The number of nitrogens with two attached hydrogens (primary N) is 1. The molecule has 2 aromatic rings. The van der Waals surface area contributed by atoms with Crippen LogP contribution in [0.25, 0.3) is 0 Å². The number of hydrogen-bond donors (Lipinski definition) is 2. The number of ether oxygens (including phenoxy) is 1. The maximum Gasteiger partial charge on any atom is 0.254 e. The normalized spacial score (nSPS) is 19.7. The first-order valence-electron chi connectivity index (χ1n) is 15.0. The third-order valence-corrected chi connectivity index (χ3v) is 8.71. The maximum absolute atomic E-state index is 13.6. The molecule has 2 saturated heterocycles. The first-order chi connectivity index (χ1) is 19.8. The zero-order valence-corrected chi connectivity index (χ0v) is 24.4. The summed E-state index contributed by atoms with van der Waals surface area (Å²) in [6.07, 6.45) is 7.14. The number of amides is 3. The molecule has 0 aromatic heterocycles. The van der Waals surface area contributed by atoms with Crippen molar-refractivity contribution in [3.8, 4) is 5.75 Å². The Morgan fingerprint density at radius 3 is 2.24 bits per heavy atom. The highest BCUT2D eigenvalue weighted by Gasteiger charge is 2.28. The number of nitrogens with zero attached hydrogens (tertiary/aromatic N) is 3. The second-order valence-corrected chi connectivity index (χ2v) is 11.6. The van der Waals surface area contributed by atoms with E-state index in [4.69, 9.17) is 10.5 Å². The Balaban J connectivity index is 1.26. The molecule has 2 aliphatic heterocycles. The molecule has 220 valence electrons. The second-order valence-electron chi connectivity index (χ2n) is 11.6. The highest BCUT2D eigenvalue weighted by Crippen LogP contribution is 2.39. The van der Waals surface area contributed by atoms with Crippen LogP contribution < -0.4 is 20.7 Å². The summed E-state index contributed by atoms with van der Waals surface area (Å²) in [6.45, 7) is 5.50. The van der Waals surface area contributed by atoms with Gasteiger partial charge in [-0.3, -0.25) is 14.4 Å². The standard InChI is InChI=1S/C32H43N5O4/c1-22-16-25(18-26(17-22)35(2)30(38)20-33)32(40)37-14-12-36(13-15-37)31(39)24-8-9-29(41-27-10-11-34-21-27)28(19-24)23-6-4-3-5-7-23/h8-9,16-19,23,27,34H,3-7,10-15,20-21,33H2,1-2H3/t27-/m0/s1. The summed E-state index contributed by atoms with van der Waals surface area (Å²) in [5.74, 6) is 1.03. The summed E-state index contributed by atoms with van der Waals surface area (Å²) in [7, 11) is 1.66. The molecular weight excluding hydrogens is 518 g/mol. The number of aryl methyl sites for hydroxylation is 1. The van der Waals surface area contributed by atoms with Gasteiger partial charge in [-0.05, 0) is 86.2 Å². The number of carbonyl (C=O) groups excluding carboxylic acids is 3. The van der Waals surface area contributed by atoms with Gasteiger partial charge < -0.3 is 30.5 Å². The van der Waals surface area contributed by atoms with Gasteiger partial charge in [0.1, 0.15) is 11.9 Å². The topological polar surface area (TPSA) is 108 Å². The van der Waals surface area contributed by atoms with Crippen molar-refractivity contribution in [3.63, 3.8) is 0 Å². The predicted molar refractivity (Wildman–Crippen MR) is 160 cm³/mol. The number of carbonyl (C=O) groups is 3. The number of piperazine rings is 1. The molecule has 3 amide bonds. The van der Waals surface area contributed by atoms with Gasteiger partial charge in [-0.15, -0.1) is 0 Å². The van der Waals surface area contributed by atoms with Crippen LogP contribution >= 0.6 is 0 Å². The van der Waals surface area contributed by atoms with Crippen LogP contribution in [-0.4, -0.2) is 86.5 Å². The lowest BCUT2D eigenvalue weighted by Gasteiger charge is -2.35. The summed E-state index contributed by atoms with van der Waals surface area (Å²) < 4.78 is 6.41. The van der Waals surface area contributed by atoms with Gasteiger partial charge in [0.2, 0.25) is 5.91 Å². The molecular formula is C32H43N5O4. The molecule has 0 unspecified atom stereocenters. The van der Waals surface area contributed by atoms with Crippen LogP contribution in [0.2, 0.25) is 0 Å². The minimum absolute atomic E-state index is 0.00278. The van der Waals surface area contributed by atoms with E-state index in [1.54, 1.807) is 18.0 Å². The summed E-state index contributed by atoms with van der Waals surface area (Å²) in [5.41, 5.74) is 9.45. The lowest BCUT2D eigenvalue weighted by molar-refractivity contribution is -0.117. The van der Waals surface area contributed by atoms with Gasteiger partial charge in [-0.25, -0.2) is 0 Å². The molecule has 0 bridgehead atoms. The molecule has 3 N–H and O–H groups in total. The molecule has 2 heterocycles. The molecule has 3 fully saturated rings. The van der Waals surface area contributed by atoms with Crippen LogP contribution in [0.5, 0.6) is 5.75 Å². The fourth-order valence-electron chi connectivity index (χ4n) is 6.27. The summed E-state index contributed by atoms with van der Waals surface area (Å²) in [4.78, 5) is 44.2. The van der Waals surface area contributed by atoms with Crippen molar-refractivity contribution in [2.24, 2.45) is 5.73 Å². The van der Waals surface area contributed by atoms with Crippen LogP contribution in [0.3, 0.4) is 0 Å². The molecule has 0 radical (unpaired) electrons. The van der Waals surface area contributed by atoms with E-state index in [2.05, 4.69) is 11.4 Å². The van der Waals surface area contributed by atoms with Crippen LogP contribution in [0.1, 0.15) is 76.3 Å². The zero-order chi connectivity index (χ0) is 28.9.